The van der Waals surface area contributed by atoms with Crippen molar-refractivity contribution in [3.05, 3.63) is 29.3 Å². The lowest BCUT2D eigenvalue weighted by Gasteiger charge is -2.15. The molecule has 0 bridgehead atoms. The third-order valence-electron chi connectivity index (χ3n) is 3.24. The Morgan fingerprint density at radius 1 is 1.28 bits per heavy atom. The number of aryl methyl sites for hydroxylation is 1. The second kappa shape index (κ2) is 8.15. The highest BCUT2D eigenvalue weighted by Gasteiger charge is 2.08. The van der Waals surface area contributed by atoms with E-state index in [4.69, 9.17) is 4.74 Å². The van der Waals surface area contributed by atoms with Crippen molar-refractivity contribution >= 4 is 0 Å². The summed E-state index contributed by atoms with van der Waals surface area (Å²) in [7, 11) is 1.75. The van der Waals surface area contributed by atoms with Crippen molar-refractivity contribution in [3.63, 3.8) is 0 Å². The van der Waals surface area contributed by atoms with E-state index in [9.17, 15) is 0 Å². The SMILES string of the molecule is CCCNCCC(C)Cc1cc(C)ccc1OC. The molecule has 0 saturated heterocycles. The van der Waals surface area contributed by atoms with Crippen molar-refractivity contribution in [2.24, 2.45) is 5.92 Å². The molecule has 0 spiro atoms. The van der Waals surface area contributed by atoms with Gasteiger partial charge in [-0.15, -0.1) is 0 Å². The molecule has 1 unspecified atom stereocenters. The smallest absolute Gasteiger partial charge is 0.122 e. The van der Waals surface area contributed by atoms with Crippen molar-refractivity contribution in [1.82, 2.24) is 5.32 Å². The number of methoxy groups -OCH3 is 1. The lowest BCUT2D eigenvalue weighted by atomic mass is 9.96. The maximum atomic E-state index is 5.43. The minimum atomic E-state index is 0.685. The first kappa shape index (κ1) is 15.0. The largest absolute Gasteiger partial charge is 0.496 e. The Kier molecular flexibility index (Phi) is 6.81. The van der Waals surface area contributed by atoms with Crippen molar-refractivity contribution in [2.75, 3.05) is 20.2 Å². The summed E-state index contributed by atoms with van der Waals surface area (Å²) in [6.07, 6.45) is 3.52. The molecule has 0 fully saturated rings. The van der Waals surface area contributed by atoms with Gasteiger partial charge in [-0.25, -0.2) is 0 Å². The van der Waals surface area contributed by atoms with Crippen LogP contribution >= 0.6 is 0 Å². The van der Waals surface area contributed by atoms with E-state index in [0.29, 0.717) is 5.92 Å². The Morgan fingerprint density at radius 3 is 2.72 bits per heavy atom. The van der Waals surface area contributed by atoms with Crippen LogP contribution in [0.1, 0.15) is 37.8 Å². The summed E-state index contributed by atoms with van der Waals surface area (Å²) in [6.45, 7) is 8.89. The Bertz CT molecular complexity index is 349. The molecule has 1 N–H and O–H groups in total. The molecule has 2 heteroatoms. The summed E-state index contributed by atoms with van der Waals surface area (Å²) in [5.41, 5.74) is 2.64. The number of rotatable bonds is 8. The van der Waals surface area contributed by atoms with Crippen LogP contribution in [0.15, 0.2) is 18.2 Å². The van der Waals surface area contributed by atoms with E-state index in [-0.39, 0.29) is 0 Å². The topological polar surface area (TPSA) is 21.3 Å². The first-order valence-corrected chi connectivity index (χ1v) is 7.01. The fourth-order valence-electron chi connectivity index (χ4n) is 2.19. The summed E-state index contributed by atoms with van der Waals surface area (Å²) in [6, 6.07) is 6.43. The van der Waals surface area contributed by atoms with Gasteiger partial charge < -0.3 is 10.1 Å². The van der Waals surface area contributed by atoms with Gasteiger partial charge in [-0.05, 0) is 56.8 Å². The van der Waals surface area contributed by atoms with Gasteiger partial charge in [0.2, 0.25) is 0 Å². The van der Waals surface area contributed by atoms with E-state index in [1.807, 2.05) is 0 Å². The van der Waals surface area contributed by atoms with Crippen molar-refractivity contribution in [2.45, 2.75) is 40.0 Å². The fourth-order valence-corrected chi connectivity index (χ4v) is 2.19. The van der Waals surface area contributed by atoms with Crippen LogP contribution in [-0.2, 0) is 6.42 Å². The maximum Gasteiger partial charge on any atom is 0.122 e. The van der Waals surface area contributed by atoms with Crippen molar-refractivity contribution in [3.8, 4) is 5.75 Å². The first-order chi connectivity index (χ1) is 8.67. The van der Waals surface area contributed by atoms with E-state index in [0.717, 1.165) is 25.3 Å². The van der Waals surface area contributed by atoms with E-state index in [1.54, 1.807) is 7.11 Å². The summed E-state index contributed by atoms with van der Waals surface area (Å²) in [5, 5.41) is 3.46. The monoisotopic (exact) mass is 249 g/mol. The van der Waals surface area contributed by atoms with Crippen LogP contribution in [-0.4, -0.2) is 20.2 Å². The van der Waals surface area contributed by atoms with Crippen LogP contribution in [0, 0.1) is 12.8 Å². The standard InChI is InChI=1S/C16H27NO/c1-5-9-17-10-8-14(3)12-15-11-13(2)6-7-16(15)18-4/h6-7,11,14,17H,5,8-10,12H2,1-4H3. The lowest BCUT2D eigenvalue weighted by Crippen LogP contribution is -2.18. The summed E-state index contributed by atoms with van der Waals surface area (Å²) >= 11 is 0. The zero-order valence-corrected chi connectivity index (χ0v) is 12.3. The molecule has 0 amide bonds. The predicted octanol–water partition coefficient (Wildman–Crippen LogP) is 3.57. The molecule has 1 atom stereocenters. The second-order valence-corrected chi connectivity index (χ2v) is 5.16. The van der Waals surface area contributed by atoms with Gasteiger partial charge in [0.25, 0.3) is 0 Å². The molecule has 0 radical (unpaired) electrons. The van der Waals surface area contributed by atoms with E-state index >= 15 is 0 Å². The third kappa shape index (κ3) is 5.09. The quantitative estimate of drug-likeness (QED) is 0.711. The van der Waals surface area contributed by atoms with Gasteiger partial charge in [0.05, 0.1) is 7.11 Å². The highest BCUT2D eigenvalue weighted by Crippen LogP contribution is 2.23. The normalized spacial score (nSPS) is 12.4. The molecule has 1 aromatic rings. The molecule has 0 saturated carbocycles. The van der Waals surface area contributed by atoms with Crippen LogP contribution in [0.2, 0.25) is 0 Å². The number of benzene rings is 1. The molecule has 1 rings (SSSR count). The summed E-state index contributed by atoms with van der Waals surface area (Å²) in [4.78, 5) is 0. The molecule has 1 aromatic carbocycles. The number of hydrogen-bond acceptors (Lipinski definition) is 2. The van der Waals surface area contributed by atoms with Gasteiger partial charge in [0.15, 0.2) is 0 Å². The Labute approximate surface area is 112 Å². The molecular formula is C16H27NO. The minimum absolute atomic E-state index is 0.685. The molecule has 0 heterocycles. The van der Waals surface area contributed by atoms with E-state index in [2.05, 4.69) is 44.3 Å². The van der Waals surface area contributed by atoms with Crippen LogP contribution in [0.4, 0.5) is 0 Å². The third-order valence-corrected chi connectivity index (χ3v) is 3.24. The molecule has 2 nitrogen and oxygen atoms in total. The molecule has 0 aliphatic carbocycles. The van der Waals surface area contributed by atoms with Gasteiger partial charge in [-0.3, -0.25) is 0 Å². The number of hydrogen-bond donors (Lipinski definition) is 1. The van der Waals surface area contributed by atoms with E-state index < -0.39 is 0 Å². The predicted molar refractivity (Wildman–Crippen MR) is 78.4 cm³/mol. The molecule has 0 aromatic heterocycles. The second-order valence-electron chi connectivity index (χ2n) is 5.16. The van der Waals surface area contributed by atoms with E-state index in [1.165, 1.54) is 24.0 Å². The zero-order chi connectivity index (χ0) is 13.4. The molecule has 0 aliphatic heterocycles. The summed E-state index contributed by atoms with van der Waals surface area (Å²) < 4.78 is 5.43. The van der Waals surface area contributed by atoms with Gasteiger partial charge in [-0.2, -0.15) is 0 Å². The molecule has 18 heavy (non-hydrogen) atoms. The van der Waals surface area contributed by atoms with Crippen molar-refractivity contribution in [1.29, 1.82) is 0 Å². The first-order valence-electron chi connectivity index (χ1n) is 7.01. The summed E-state index contributed by atoms with van der Waals surface area (Å²) in [5.74, 6) is 1.71. The number of nitrogens with one attached hydrogen (secondary N) is 1. The fraction of sp³-hybridized carbons (Fsp3) is 0.625. The van der Waals surface area contributed by atoms with Crippen LogP contribution in [0.5, 0.6) is 5.75 Å². The molecule has 0 aliphatic rings. The Balaban J connectivity index is 2.47. The molecular weight excluding hydrogens is 222 g/mol. The minimum Gasteiger partial charge on any atom is -0.496 e. The van der Waals surface area contributed by atoms with Crippen LogP contribution in [0.3, 0.4) is 0 Å². The van der Waals surface area contributed by atoms with Gasteiger partial charge in [0.1, 0.15) is 5.75 Å². The lowest BCUT2D eigenvalue weighted by molar-refractivity contribution is 0.403. The van der Waals surface area contributed by atoms with Crippen molar-refractivity contribution < 1.29 is 4.74 Å². The maximum absolute atomic E-state index is 5.43. The highest BCUT2D eigenvalue weighted by atomic mass is 16.5. The van der Waals surface area contributed by atoms with Gasteiger partial charge in [0, 0.05) is 0 Å². The zero-order valence-electron chi connectivity index (χ0n) is 12.3. The Morgan fingerprint density at radius 2 is 2.06 bits per heavy atom. The molecule has 102 valence electrons. The average molecular weight is 249 g/mol. The average Bonchev–Trinajstić information content (AvgIpc) is 2.35. The Hall–Kier alpha value is -1.02. The van der Waals surface area contributed by atoms with Crippen LogP contribution in [0.25, 0.3) is 0 Å². The number of ether oxygens (including phenoxy) is 1. The van der Waals surface area contributed by atoms with Gasteiger partial charge >= 0.3 is 0 Å². The highest BCUT2D eigenvalue weighted by molar-refractivity contribution is 5.37. The van der Waals surface area contributed by atoms with Gasteiger partial charge in [-0.1, -0.05) is 31.5 Å². The van der Waals surface area contributed by atoms with Crippen LogP contribution < -0.4 is 10.1 Å².